The highest BCUT2D eigenvalue weighted by Crippen LogP contribution is 2.23. The smallest absolute Gasteiger partial charge is 0.0583 e. The summed E-state index contributed by atoms with van der Waals surface area (Å²) in [5.74, 6) is 0. The quantitative estimate of drug-likeness (QED) is 0.874. The van der Waals surface area contributed by atoms with E-state index in [9.17, 15) is 5.11 Å². The van der Waals surface area contributed by atoms with Crippen LogP contribution in [0.25, 0.3) is 0 Å². The molecule has 0 spiro atoms. The molecule has 0 saturated carbocycles. The van der Waals surface area contributed by atoms with Gasteiger partial charge in [-0.25, -0.2) is 0 Å². The van der Waals surface area contributed by atoms with Crippen LogP contribution in [-0.2, 0) is 25.7 Å². The molecule has 1 aliphatic carbocycles. The monoisotopic (exact) mass is 266 g/mol. The summed E-state index contributed by atoms with van der Waals surface area (Å²) in [6.07, 6.45) is 6.05. The Morgan fingerprint density at radius 1 is 0.900 bits per heavy atom. The first kappa shape index (κ1) is 13.4. The van der Waals surface area contributed by atoms with Crippen molar-refractivity contribution in [2.75, 3.05) is 0 Å². The maximum atomic E-state index is 10.2. The molecule has 0 aromatic heterocycles. The fourth-order valence-electron chi connectivity index (χ4n) is 3.10. The van der Waals surface area contributed by atoms with E-state index in [1.807, 2.05) is 6.07 Å². The van der Waals surface area contributed by atoms with Gasteiger partial charge in [0.1, 0.15) is 0 Å². The summed E-state index contributed by atoms with van der Waals surface area (Å²) in [6.45, 7) is 0. The van der Waals surface area contributed by atoms with E-state index in [1.54, 1.807) is 0 Å². The van der Waals surface area contributed by atoms with Crippen molar-refractivity contribution in [3.63, 3.8) is 0 Å². The molecule has 0 fully saturated rings. The van der Waals surface area contributed by atoms with E-state index in [2.05, 4.69) is 42.5 Å². The van der Waals surface area contributed by atoms with Gasteiger partial charge in [0.2, 0.25) is 0 Å². The molecular formula is C19H22O. The summed E-state index contributed by atoms with van der Waals surface area (Å²) in [6, 6.07) is 17.1. The zero-order chi connectivity index (χ0) is 13.8. The largest absolute Gasteiger partial charge is 0.393 e. The average molecular weight is 266 g/mol. The Morgan fingerprint density at radius 3 is 2.55 bits per heavy atom. The summed E-state index contributed by atoms with van der Waals surface area (Å²) in [4.78, 5) is 0. The zero-order valence-corrected chi connectivity index (χ0v) is 11.9. The summed E-state index contributed by atoms with van der Waals surface area (Å²) in [5.41, 5.74) is 5.59. The van der Waals surface area contributed by atoms with Gasteiger partial charge in [0.15, 0.2) is 0 Å². The van der Waals surface area contributed by atoms with Gasteiger partial charge in [0, 0.05) is 0 Å². The minimum atomic E-state index is -0.241. The van der Waals surface area contributed by atoms with Crippen molar-refractivity contribution in [3.8, 4) is 0 Å². The van der Waals surface area contributed by atoms with Crippen LogP contribution in [0.5, 0.6) is 0 Å². The Labute approximate surface area is 121 Å². The van der Waals surface area contributed by atoms with Gasteiger partial charge >= 0.3 is 0 Å². The van der Waals surface area contributed by atoms with E-state index in [1.165, 1.54) is 41.5 Å². The van der Waals surface area contributed by atoms with E-state index in [4.69, 9.17) is 0 Å². The molecular weight excluding hydrogens is 244 g/mol. The van der Waals surface area contributed by atoms with Crippen LogP contribution in [0, 0.1) is 0 Å². The number of aryl methyl sites for hydroxylation is 3. The number of aliphatic hydroxyl groups is 1. The molecule has 2 aromatic carbocycles. The molecule has 1 heteroatoms. The molecule has 104 valence electrons. The normalized spacial score (nSPS) is 15.1. The van der Waals surface area contributed by atoms with Crippen molar-refractivity contribution in [2.24, 2.45) is 0 Å². The van der Waals surface area contributed by atoms with Gasteiger partial charge in [0.25, 0.3) is 0 Å². The Kier molecular flexibility index (Phi) is 4.17. The average Bonchev–Trinajstić information content (AvgIpc) is 2.94. The highest BCUT2D eigenvalue weighted by atomic mass is 16.3. The van der Waals surface area contributed by atoms with Gasteiger partial charge in [-0.15, -0.1) is 0 Å². The van der Waals surface area contributed by atoms with E-state index in [-0.39, 0.29) is 6.10 Å². The van der Waals surface area contributed by atoms with Crippen molar-refractivity contribution >= 4 is 0 Å². The molecule has 0 amide bonds. The third-order valence-electron chi connectivity index (χ3n) is 4.24. The lowest BCUT2D eigenvalue weighted by Crippen LogP contribution is -2.11. The molecule has 0 heterocycles. The SMILES string of the molecule is OC(CCc1ccccc1)Cc1ccc2c(c1)CCC2. The molecule has 1 unspecified atom stereocenters. The first-order chi connectivity index (χ1) is 9.81. The molecule has 3 rings (SSSR count). The first-order valence-corrected chi connectivity index (χ1v) is 7.64. The number of rotatable bonds is 5. The number of hydrogen-bond acceptors (Lipinski definition) is 1. The van der Waals surface area contributed by atoms with Crippen LogP contribution in [0.2, 0.25) is 0 Å². The van der Waals surface area contributed by atoms with Crippen molar-refractivity contribution < 1.29 is 5.11 Å². The third-order valence-corrected chi connectivity index (χ3v) is 4.24. The molecule has 0 bridgehead atoms. The summed E-state index contributed by atoms with van der Waals surface area (Å²) in [5, 5.41) is 10.2. The molecule has 0 radical (unpaired) electrons. The summed E-state index contributed by atoms with van der Waals surface area (Å²) < 4.78 is 0. The standard InChI is InChI=1S/C19H22O/c20-19(12-10-15-5-2-1-3-6-15)14-16-9-11-17-7-4-8-18(17)13-16/h1-3,5-6,9,11,13,19-20H,4,7-8,10,12,14H2. The molecule has 1 atom stereocenters. The Morgan fingerprint density at radius 2 is 1.70 bits per heavy atom. The first-order valence-electron chi connectivity index (χ1n) is 7.64. The van der Waals surface area contributed by atoms with Crippen molar-refractivity contribution in [1.82, 2.24) is 0 Å². The Balaban J connectivity index is 1.55. The molecule has 1 nitrogen and oxygen atoms in total. The topological polar surface area (TPSA) is 20.2 Å². The van der Waals surface area contributed by atoms with Crippen molar-refractivity contribution in [3.05, 3.63) is 70.8 Å². The van der Waals surface area contributed by atoms with Gasteiger partial charge < -0.3 is 5.11 Å². The van der Waals surface area contributed by atoms with E-state index in [0.29, 0.717) is 0 Å². The van der Waals surface area contributed by atoms with E-state index in [0.717, 1.165) is 19.3 Å². The van der Waals surface area contributed by atoms with Crippen LogP contribution >= 0.6 is 0 Å². The fraction of sp³-hybridized carbons (Fsp3) is 0.368. The Hall–Kier alpha value is -1.60. The molecule has 20 heavy (non-hydrogen) atoms. The number of fused-ring (bicyclic) bond motifs is 1. The second-order valence-electron chi connectivity index (χ2n) is 5.84. The molecule has 1 aliphatic rings. The van der Waals surface area contributed by atoms with Crippen LogP contribution in [0.15, 0.2) is 48.5 Å². The van der Waals surface area contributed by atoms with Crippen LogP contribution < -0.4 is 0 Å². The maximum absolute atomic E-state index is 10.2. The van der Waals surface area contributed by atoms with Crippen LogP contribution in [0.4, 0.5) is 0 Å². The lowest BCUT2D eigenvalue weighted by Gasteiger charge is -2.12. The minimum Gasteiger partial charge on any atom is -0.393 e. The second-order valence-corrected chi connectivity index (χ2v) is 5.84. The maximum Gasteiger partial charge on any atom is 0.0583 e. The number of benzene rings is 2. The second kappa shape index (κ2) is 6.23. The van der Waals surface area contributed by atoms with Gasteiger partial charge in [0.05, 0.1) is 6.10 Å². The minimum absolute atomic E-state index is 0.241. The molecule has 0 aliphatic heterocycles. The molecule has 2 aromatic rings. The van der Waals surface area contributed by atoms with Gasteiger partial charge in [-0.2, -0.15) is 0 Å². The zero-order valence-electron chi connectivity index (χ0n) is 11.9. The molecule has 1 N–H and O–H groups in total. The van der Waals surface area contributed by atoms with Crippen molar-refractivity contribution in [2.45, 2.75) is 44.6 Å². The number of aliphatic hydroxyl groups excluding tert-OH is 1. The van der Waals surface area contributed by atoms with Gasteiger partial charge in [-0.3, -0.25) is 0 Å². The summed E-state index contributed by atoms with van der Waals surface area (Å²) in [7, 11) is 0. The van der Waals surface area contributed by atoms with Gasteiger partial charge in [-0.1, -0.05) is 48.5 Å². The van der Waals surface area contributed by atoms with Crippen LogP contribution in [-0.4, -0.2) is 11.2 Å². The lowest BCUT2D eigenvalue weighted by atomic mass is 9.99. The predicted octanol–water partition coefficient (Wildman–Crippen LogP) is 3.71. The number of hydrogen-bond donors (Lipinski definition) is 1. The van der Waals surface area contributed by atoms with Crippen molar-refractivity contribution in [1.29, 1.82) is 0 Å². The lowest BCUT2D eigenvalue weighted by molar-refractivity contribution is 0.165. The Bertz CT molecular complexity index is 559. The third kappa shape index (κ3) is 3.29. The van der Waals surface area contributed by atoms with Crippen LogP contribution in [0.1, 0.15) is 35.1 Å². The highest BCUT2D eigenvalue weighted by molar-refractivity contribution is 5.35. The van der Waals surface area contributed by atoms with Gasteiger partial charge in [-0.05, 0) is 60.8 Å². The van der Waals surface area contributed by atoms with E-state index >= 15 is 0 Å². The van der Waals surface area contributed by atoms with Crippen LogP contribution in [0.3, 0.4) is 0 Å². The molecule has 0 saturated heterocycles. The highest BCUT2D eigenvalue weighted by Gasteiger charge is 2.12. The predicted molar refractivity (Wildman–Crippen MR) is 82.9 cm³/mol. The van der Waals surface area contributed by atoms with E-state index < -0.39 is 0 Å². The summed E-state index contributed by atoms with van der Waals surface area (Å²) >= 11 is 0. The fourth-order valence-corrected chi connectivity index (χ4v) is 3.10.